The van der Waals surface area contributed by atoms with Gasteiger partial charge in [-0.15, -0.1) is 0 Å². The molecule has 0 saturated carbocycles. The van der Waals surface area contributed by atoms with Crippen molar-refractivity contribution in [3.8, 4) is 0 Å². The van der Waals surface area contributed by atoms with Crippen LogP contribution in [-0.4, -0.2) is 43.7 Å². The van der Waals surface area contributed by atoms with Gasteiger partial charge in [-0.05, 0) is 24.1 Å². The summed E-state index contributed by atoms with van der Waals surface area (Å²) in [6.45, 7) is 5.34. The highest BCUT2D eigenvalue weighted by molar-refractivity contribution is 5.76. The molecule has 1 atom stereocenters. The zero-order valence-electron chi connectivity index (χ0n) is 12.5. The molecule has 1 fully saturated rings. The predicted octanol–water partition coefficient (Wildman–Crippen LogP) is 2.12. The number of carbonyl (C=O) groups excluding carboxylic acids is 1. The fraction of sp³-hybridized carbons (Fsp3) is 0.562. The van der Waals surface area contributed by atoms with E-state index in [0.29, 0.717) is 39.3 Å². The first-order chi connectivity index (χ1) is 10.2. The molecule has 1 heterocycles. The number of benzene rings is 1. The van der Waals surface area contributed by atoms with E-state index < -0.39 is 0 Å². The van der Waals surface area contributed by atoms with Gasteiger partial charge in [0.25, 0.3) is 0 Å². The monoisotopic (exact) mass is 294 g/mol. The Bertz CT molecular complexity index is 444. The lowest BCUT2D eigenvalue weighted by Crippen LogP contribution is -2.41. The number of carbonyl (C=O) groups is 1. The van der Waals surface area contributed by atoms with E-state index in [9.17, 15) is 9.18 Å². The summed E-state index contributed by atoms with van der Waals surface area (Å²) in [5, 5.41) is 3.37. The van der Waals surface area contributed by atoms with Gasteiger partial charge in [-0.1, -0.05) is 19.1 Å². The topological polar surface area (TPSA) is 41.6 Å². The number of hydrogen-bond donors (Lipinski definition) is 1. The Kier molecular flexibility index (Phi) is 6.14. The van der Waals surface area contributed by atoms with Crippen molar-refractivity contribution in [3.63, 3.8) is 0 Å². The minimum Gasteiger partial charge on any atom is -0.378 e. The van der Waals surface area contributed by atoms with Crippen molar-refractivity contribution in [2.24, 2.45) is 0 Å². The third kappa shape index (κ3) is 4.79. The first-order valence-corrected chi connectivity index (χ1v) is 7.55. The number of amides is 1. The summed E-state index contributed by atoms with van der Waals surface area (Å²) >= 11 is 0. The van der Waals surface area contributed by atoms with E-state index in [2.05, 4.69) is 12.2 Å². The standard InChI is InChI=1S/C16H23FN2O2/c1-2-15(13-3-5-14(17)6-4-13)18-8-7-16(20)19-9-11-21-12-10-19/h3-6,15,18H,2,7-12H2,1H3. The van der Waals surface area contributed by atoms with Crippen LogP contribution in [0.15, 0.2) is 24.3 Å². The molecule has 1 aromatic carbocycles. The molecule has 0 bridgehead atoms. The molecular formula is C16H23FN2O2. The van der Waals surface area contributed by atoms with Crippen LogP contribution in [0.5, 0.6) is 0 Å². The Morgan fingerprint density at radius 2 is 2.00 bits per heavy atom. The van der Waals surface area contributed by atoms with Crippen LogP contribution in [-0.2, 0) is 9.53 Å². The number of ether oxygens (including phenoxy) is 1. The van der Waals surface area contributed by atoms with Crippen LogP contribution < -0.4 is 5.32 Å². The highest BCUT2D eigenvalue weighted by Gasteiger charge is 2.17. The van der Waals surface area contributed by atoms with Crippen LogP contribution in [0.2, 0.25) is 0 Å². The molecule has 0 radical (unpaired) electrons. The SMILES string of the molecule is CCC(NCCC(=O)N1CCOCC1)c1ccc(F)cc1. The Balaban J connectivity index is 1.77. The van der Waals surface area contributed by atoms with Crippen molar-refractivity contribution in [3.05, 3.63) is 35.6 Å². The summed E-state index contributed by atoms with van der Waals surface area (Å²) in [6, 6.07) is 6.68. The first kappa shape index (κ1) is 15.9. The molecule has 5 heteroatoms. The molecule has 0 aliphatic carbocycles. The highest BCUT2D eigenvalue weighted by Crippen LogP contribution is 2.16. The zero-order valence-corrected chi connectivity index (χ0v) is 12.5. The van der Waals surface area contributed by atoms with Crippen LogP contribution in [0.1, 0.15) is 31.4 Å². The first-order valence-electron chi connectivity index (χ1n) is 7.55. The average Bonchev–Trinajstić information content (AvgIpc) is 2.53. The molecule has 1 saturated heterocycles. The lowest BCUT2D eigenvalue weighted by Gasteiger charge is -2.27. The fourth-order valence-electron chi connectivity index (χ4n) is 2.52. The van der Waals surface area contributed by atoms with Gasteiger partial charge < -0.3 is 15.0 Å². The fourth-order valence-corrected chi connectivity index (χ4v) is 2.52. The second-order valence-electron chi connectivity index (χ2n) is 5.21. The molecule has 1 aromatic rings. The average molecular weight is 294 g/mol. The molecule has 21 heavy (non-hydrogen) atoms. The van der Waals surface area contributed by atoms with Crippen LogP contribution in [0.3, 0.4) is 0 Å². The third-order valence-corrected chi connectivity index (χ3v) is 3.77. The number of nitrogens with zero attached hydrogens (tertiary/aromatic N) is 1. The molecule has 0 aromatic heterocycles. The summed E-state index contributed by atoms with van der Waals surface area (Å²) in [5.74, 6) is -0.0594. The van der Waals surface area contributed by atoms with E-state index >= 15 is 0 Å². The van der Waals surface area contributed by atoms with Crippen molar-refractivity contribution in [2.75, 3.05) is 32.8 Å². The van der Waals surface area contributed by atoms with Gasteiger partial charge in [0.15, 0.2) is 0 Å². The Morgan fingerprint density at radius 3 is 2.62 bits per heavy atom. The van der Waals surface area contributed by atoms with Gasteiger partial charge in [0.05, 0.1) is 13.2 Å². The molecular weight excluding hydrogens is 271 g/mol. The number of rotatable bonds is 6. The van der Waals surface area contributed by atoms with E-state index in [-0.39, 0.29) is 17.8 Å². The Hall–Kier alpha value is -1.46. The van der Waals surface area contributed by atoms with E-state index in [4.69, 9.17) is 4.74 Å². The largest absolute Gasteiger partial charge is 0.378 e. The van der Waals surface area contributed by atoms with Gasteiger partial charge in [-0.3, -0.25) is 4.79 Å². The summed E-state index contributed by atoms with van der Waals surface area (Å²) in [4.78, 5) is 13.9. The molecule has 1 N–H and O–H groups in total. The molecule has 1 unspecified atom stereocenters. The molecule has 4 nitrogen and oxygen atoms in total. The number of morpholine rings is 1. The van der Waals surface area contributed by atoms with Crippen molar-refractivity contribution in [1.29, 1.82) is 0 Å². The molecule has 116 valence electrons. The Labute approximate surface area is 125 Å². The zero-order chi connectivity index (χ0) is 15.1. The number of halogens is 1. The minimum absolute atomic E-state index is 0.156. The smallest absolute Gasteiger partial charge is 0.224 e. The lowest BCUT2D eigenvalue weighted by atomic mass is 10.0. The number of hydrogen-bond acceptors (Lipinski definition) is 3. The molecule has 1 aliphatic heterocycles. The second-order valence-corrected chi connectivity index (χ2v) is 5.21. The maximum Gasteiger partial charge on any atom is 0.224 e. The van der Waals surface area contributed by atoms with E-state index in [0.717, 1.165) is 12.0 Å². The molecule has 1 aliphatic rings. The van der Waals surface area contributed by atoms with Gasteiger partial charge in [-0.25, -0.2) is 4.39 Å². The highest BCUT2D eigenvalue weighted by atomic mass is 19.1. The summed E-state index contributed by atoms with van der Waals surface area (Å²) in [7, 11) is 0. The normalized spacial score (nSPS) is 16.8. The number of nitrogens with one attached hydrogen (secondary N) is 1. The van der Waals surface area contributed by atoms with Gasteiger partial charge >= 0.3 is 0 Å². The minimum atomic E-state index is -0.226. The van der Waals surface area contributed by atoms with Gasteiger partial charge in [0, 0.05) is 32.1 Å². The van der Waals surface area contributed by atoms with Gasteiger partial charge in [0.2, 0.25) is 5.91 Å². The van der Waals surface area contributed by atoms with Crippen molar-refractivity contribution >= 4 is 5.91 Å². The maximum absolute atomic E-state index is 12.9. The summed E-state index contributed by atoms with van der Waals surface area (Å²) < 4.78 is 18.2. The molecule has 1 amide bonds. The lowest BCUT2D eigenvalue weighted by molar-refractivity contribution is -0.135. The van der Waals surface area contributed by atoms with Crippen molar-refractivity contribution in [2.45, 2.75) is 25.8 Å². The van der Waals surface area contributed by atoms with Gasteiger partial charge in [0.1, 0.15) is 5.82 Å². The predicted molar refractivity (Wildman–Crippen MR) is 79.5 cm³/mol. The van der Waals surface area contributed by atoms with Crippen LogP contribution >= 0.6 is 0 Å². The van der Waals surface area contributed by atoms with Crippen LogP contribution in [0.25, 0.3) is 0 Å². The van der Waals surface area contributed by atoms with Crippen molar-refractivity contribution in [1.82, 2.24) is 10.2 Å². The van der Waals surface area contributed by atoms with E-state index in [1.165, 1.54) is 12.1 Å². The van der Waals surface area contributed by atoms with Gasteiger partial charge in [-0.2, -0.15) is 0 Å². The summed E-state index contributed by atoms with van der Waals surface area (Å²) in [5.41, 5.74) is 1.05. The van der Waals surface area contributed by atoms with Crippen LogP contribution in [0, 0.1) is 5.82 Å². The second kappa shape index (κ2) is 8.10. The van der Waals surface area contributed by atoms with E-state index in [1.807, 2.05) is 4.90 Å². The Morgan fingerprint density at radius 1 is 1.33 bits per heavy atom. The third-order valence-electron chi connectivity index (χ3n) is 3.77. The summed E-state index contributed by atoms with van der Waals surface area (Å²) in [6.07, 6.45) is 1.38. The van der Waals surface area contributed by atoms with Crippen molar-refractivity contribution < 1.29 is 13.9 Å². The quantitative estimate of drug-likeness (QED) is 0.874. The maximum atomic E-state index is 12.9. The molecule has 2 rings (SSSR count). The molecule has 0 spiro atoms. The van der Waals surface area contributed by atoms with E-state index in [1.54, 1.807) is 12.1 Å². The van der Waals surface area contributed by atoms with Crippen LogP contribution in [0.4, 0.5) is 4.39 Å².